The van der Waals surface area contributed by atoms with E-state index in [9.17, 15) is 12.9 Å². The van der Waals surface area contributed by atoms with Crippen molar-refractivity contribution in [2.45, 2.75) is 0 Å². The lowest BCUT2D eigenvalue weighted by molar-refractivity contribution is -0.864. The van der Waals surface area contributed by atoms with Crippen molar-refractivity contribution in [3.05, 3.63) is 12.7 Å². The van der Waals surface area contributed by atoms with Crippen LogP contribution in [0, 0.1) is 0 Å². The van der Waals surface area contributed by atoms with Gasteiger partial charge in [0.2, 0.25) is 0 Å². The summed E-state index contributed by atoms with van der Waals surface area (Å²) in [7, 11) is 1.50. The number of hydrogen-bond donors (Lipinski definition) is 1. The van der Waals surface area contributed by atoms with E-state index in [2.05, 4.69) is 6.58 Å². The van der Waals surface area contributed by atoms with Gasteiger partial charge in [-0.1, -0.05) is 6.58 Å². The molecule has 0 aliphatic rings. The molecule has 0 radical (unpaired) electrons. The molecule has 0 heterocycles. The molecule has 0 saturated heterocycles. The molecule has 1 N–H and O–H groups in total. The summed E-state index contributed by atoms with van der Waals surface area (Å²) in [5.74, 6) is 0. The van der Waals surface area contributed by atoms with Gasteiger partial charge in [-0.2, -0.15) is 0 Å². The molecule has 1 nitrogen and oxygen atoms in total. The Morgan fingerprint density at radius 2 is 2.00 bits per heavy atom. The normalized spacial score (nSPS) is 14.8. The summed E-state index contributed by atoms with van der Waals surface area (Å²) in [6.45, 7) is -0.927. The fourth-order valence-electron chi connectivity index (χ4n) is 0.725. The van der Waals surface area contributed by atoms with Crippen LogP contribution in [0.3, 0.4) is 0 Å². The van der Waals surface area contributed by atoms with E-state index < -0.39 is 13.4 Å². The molecule has 0 amide bonds. The molecule has 0 aromatic rings. The van der Waals surface area contributed by atoms with Crippen LogP contribution in [-0.4, -0.2) is 27.0 Å². The number of hydrogen-bond acceptors (Lipinski definition) is 0. The van der Waals surface area contributed by atoms with Crippen LogP contribution >= 0.6 is 0 Å². The zero-order valence-electron chi connectivity index (χ0n) is 5.91. The van der Waals surface area contributed by atoms with Gasteiger partial charge in [0.05, 0.1) is 20.0 Å². The lowest BCUT2D eigenvalue weighted by atomic mass is 9.91. The first-order valence-electron chi connectivity index (χ1n) is 3.09. The fourth-order valence-corrected chi connectivity index (χ4v) is 0.725. The standard InChI is InChI=1S/C5H10BF3N/c1-3-4-10(2)5-6(7,8)9/h3H,1,4-5H2,2H3/q-1/p+1. The predicted molar refractivity (Wildman–Crippen MR) is 35.9 cm³/mol. The molecule has 0 aromatic heterocycles. The summed E-state index contributed by atoms with van der Waals surface area (Å²) in [5.41, 5.74) is 0. The van der Waals surface area contributed by atoms with E-state index in [1.54, 1.807) is 0 Å². The quantitative estimate of drug-likeness (QED) is 0.430. The third-order valence-corrected chi connectivity index (χ3v) is 1.07. The van der Waals surface area contributed by atoms with Crippen molar-refractivity contribution >= 4 is 6.98 Å². The SMILES string of the molecule is C=CC[NH+](C)C[B-](F)(F)F. The van der Waals surface area contributed by atoms with E-state index in [1.807, 2.05) is 0 Å². The molecule has 0 aliphatic carbocycles. The predicted octanol–water partition coefficient (Wildman–Crippen LogP) is 0.0737. The van der Waals surface area contributed by atoms with Crippen molar-refractivity contribution in [3.63, 3.8) is 0 Å². The second kappa shape index (κ2) is 3.66. The minimum Gasteiger partial charge on any atom is -0.445 e. The van der Waals surface area contributed by atoms with Crippen LogP contribution in [0.1, 0.15) is 0 Å². The lowest BCUT2D eigenvalue weighted by Gasteiger charge is -2.18. The van der Waals surface area contributed by atoms with Crippen LogP contribution in [0.5, 0.6) is 0 Å². The molecule has 0 spiro atoms. The third kappa shape index (κ3) is 5.69. The van der Waals surface area contributed by atoms with Gasteiger partial charge in [0.25, 0.3) is 0 Å². The van der Waals surface area contributed by atoms with Crippen LogP contribution in [0.2, 0.25) is 0 Å². The molecule has 0 bridgehead atoms. The molecule has 0 fully saturated rings. The fraction of sp³-hybridized carbons (Fsp3) is 0.600. The van der Waals surface area contributed by atoms with Gasteiger partial charge in [0, 0.05) is 0 Å². The minimum absolute atomic E-state index is 0.362. The molecule has 10 heavy (non-hydrogen) atoms. The van der Waals surface area contributed by atoms with Gasteiger partial charge in [-0.25, -0.2) is 0 Å². The zero-order chi connectivity index (χ0) is 8.20. The van der Waals surface area contributed by atoms with E-state index in [4.69, 9.17) is 0 Å². The lowest BCUT2D eigenvalue weighted by Crippen LogP contribution is -3.10. The second-order valence-electron chi connectivity index (χ2n) is 2.36. The van der Waals surface area contributed by atoms with E-state index in [1.165, 1.54) is 13.1 Å². The van der Waals surface area contributed by atoms with Gasteiger partial charge >= 0.3 is 6.98 Å². The molecular formula is C5H11BF3N. The van der Waals surface area contributed by atoms with Gasteiger partial charge in [0.15, 0.2) is 0 Å². The Kier molecular flexibility index (Phi) is 3.49. The first kappa shape index (κ1) is 9.55. The van der Waals surface area contributed by atoms with E-state index >= 15 is 0 Å². The molecule has 0 aromatic carbocycles. The highest BCUT2D eigenvalue weighted by Gasteiger charge is 2.27. The largest absolute Gasteiger partial charge is 0.531 e. The smallest absolute Gasteiger partial charge is 0.445 e. The van der Waals surface area contributed by atoms with Gasteiger partial charge in [0.1, 0.15) is 0 Å². The Hall–Kier alpha value is -0.445. The van der Waals surface area contributed by atoms with Crippen molar-refractivity contribution in [1.82, 2.24) is 0 Å². The van der Waals surface area contributed by atoms with Crippen LogP contribution in [0.25, 0.3) is 0 Å². The van der Waals surface area contributed by atoms with E-state index in [-0.39, 0.29) is 0 Å². The van der Waals surface area contributed by atoms with Crippen LogP contribution in [-0.2, 0) is 0 Å². The zero-order valence-corrected chi connectivity index (χ0v) is 5.91. The number of likely N-dealkylation sites (N-methyl/N-ethyl adjacent to an activating group) is 1. The average Bonchev–Trinajstić information content (AvgIpc) is 1.59. The molecule has 0 rings (SSSR count). The van der Waals surface area contributed by atoms with Gasteiger partial charge in [-0.05, 0) is 6.08 Å². The summed E-state index contributed by atoms with van der Waals surface area (Å²) < 4.78 is 34.9. The Bertz CT molecular complexity index is 112. The van der Waals surface area contributed by atoms with Crippen molar-refractivity contribution in [2.24, 2.45) is 0 Å². The highest BCUT2D eigenvalue weighted by molar-refractivity contribution is 6.58. The maximum atomic E-state index is 11.6. The van der Waals surface area contributed by atoms with Gasteiger partial charge in [-0.3, -0.25) is 0 Å². The number of nitrogens with one attached hydrogen (secondary N) is 1. The Labute approximate surface area is 58.6 Å². The summed E-state index contributed by atoms with van der Waals surface area (Å²) in [4.78, 5) is 0.433. The Morgan fingerprint density at radius 1 is 1.50 bits per heavy atom. The van der Waals surface area contributed by atoms with Crippen LogP contribution in [0.4, 0.5) is 12.9 Å². The Balaban J connectivity index is 3.56. The monoisotopic (exact) mass is 153 g/mol. The molecule has 1 unspecified atom stereocenters. The molecule has 0 saturated carbocycles. The van der Waals surface area contributed by atoms with Gasteiger partial charge in [-0.15, -0.1) is 0 Å². The number of rotatable bonds is 4. The minimum atomic E-state index is -4.64. The maximum absolute atomic E-state index is 11.6. The molecule has 1 atom stereocenters. The highest BCUT2D eigenvalue weighted by atomic mass is 19.4. The van der Waals surface area contributed by atoms with E-state index in [0.717, 1.165) is 0 Å². The number of halogens is 3. The highest BCUT2D eigenvalue weighted by Crippen LogP contribution is 2.03. The van der Waals surface area contributed by atoms with Crippen molar-refractivity contribution in [1.29, 1.82) is 0 Å². The van der Waals surface area contributed by atoms with Gasteiger partial charge < -0.3 is 17.8 Å². The van der Waals surface area contributed by atoms with Crippen molar-refractivity contribution < 1.29 is 17.8 Å². The molecular weight excluding hydrogens is 142 g/mol. The second-order valence-corrected chi connectivity index (χ2v) is 2.36. The summed E-state index contributed by atoms with van der Waals surface area (Å²) in [6.07, 6.45) is 0.753. The summed E-state index contributed by atoms with van der Waals surface area (Å²) >= 11 is 0. The molecule has 5 heteroatoms. The van der Waals surface area contributed by atoms with Crippen LogP contribution < -0.4 is 4.90 Å². The first-order chi connectivity index (χ1) is 4.45. The van der Waals surface area contributed by atoms with Crippen molar-refractivity contribution in [2.75, 3.05) is 20.0 Å². The molecule has 0 aliphatic heterocycles. The summed E-state index contributed by atoms with van der Waals surface area (Å²) in [6, 6.07) is 0. The average molecular weight is 153 g/mol. The topological polar surface area (TPSA) is 4.44 Å². The Morgan fingerprint density at radius 3 is 2.30 bits per heavy atom. The van der Waals surface area contributed by atoms with Crippen molar-refractivity contribution in [3.8, 4) is 0 Å². The third-order valence-electron chi connectivity index (χ3n) is 1.07. The molecule has 60 valence electrons. The summed E-state index contributed by atoms with van der Waals surface area (Å²) in [5, 5.41) is 0. The maximum Gasteiger partial charge on any atom is 0.531 e. The van der Waals surface area contributed by atoms with E-state index in [0.29, 0.717) is 11.4 Å². The first-order valence-corrected chi connectivity index (χ1v) is 3.09. The van der Waals surface area contributed by atoms with Crippen LogP contribution in [0.15, 0.2) is 12.7 Å². The number of quaternary nitrogens is 1.